The monoisotopic (exact) mass is 180 g/mol. The van der Waals surface area contributed by atoms with Crippen LogP contribution < -0.4 is 5.73 Å². The first-order chi connectivity index (χ1) is 6.00. The molecule has 0 aromatic heterocycles. The smallest absolute Gasteiger partial charge is 0.272 e. The van der Waals surface area contributed by atoms with Gasteiger partial charge in [0.15, 0.2) is 5.78 Å². The lowest BCUT2D eigenvalue weighted by Crippen LogP contribution is -1.97. The normalized spacial score (nSPS) is 9.62. The van der Waals surface area contributed by atoms with Crippen LogP contribution in [0.5, 0.6) is 0 Å². The lowest BCUT2D eigenvalue weighted by molar-refractivity contribution is -0.384. The lowest BCUT2D eigenvalue weighted by Gasteiger charge is -1.98. The van der Waals surface area contributed by atoms with Crippen molar-refractivity contribution in [1.29, 1.82) is 0 Å². The molecule has 13 heavy (non-hydrogen) atoms. The lowest BCUT2D eigenvalue weighted by atomic mass is 10.1. The second-order valence-corrected chi connectivity index (χ2v) is 2.63. The molecule has 1 aromatic carbocycles. The van der Waals surface area contributed by atoms with Gasteiger partial charge in [0.1, 0.15) is 0 Å². The minimum atomic E-state index is -0.581. The van der Waals surface area contributed by atoms with E-state index in [0.29, 0.717) is 0 Å². The third-order valence-electron chi connectivity index (χ3n) is 1.56. The number of nitrogen functional groups attached to an aromatic ring is 1. The average molecular weight is 180 g/mol. The van der Waals surface area contributed by atoms with Gasteiger partial charge in [0.25, 0.3) is 5.69 Å². The first-order valence-corrected chi connectivity index (χ1v) is 3.56. The molecule has 0 aliphatic carbocycles. The molecule has 1 aromatic rings. The average Bonchev–Trinajstić information content (AvgIpc) is 2.03. The number of carbonyl (C=O) groups excluding carboxylic acids is 1. The molecule has 0 atom stereocenters. The Kier molecular flexibility index (Phi) is 2.27. The van der Waals surface area contributed by atoms with Crippen molar-refractivity contribution in [2.45, 2.75) is 6.92 Å². The second-order valence-electron chi connectivity index (χ2n) is 2.63. The van der Waals surface area contributed by atoms with Crippen LogP contribution in [0.4, 0.5) is 11.4 Å². The maximum absolute atomic E-state index is 10.9. The number of nitrogens with zero attached hydrogens (tertiary/aromatic N) is 1. The summed E-state index contributed by atoms with van der Waals surface area (Å²) in [7, 11) is 0. The van der Waals surface area contributed by atoms with E-state index >= 15 is 0 Å². The molecule has 0 saturated heterocycles. The van der Waals surface area contributed by atoms with Crippen molar-refractivity contribution in [3.8, 4) is 0 Å². The van der Waals surface area contributed by atoms with Crippen LogP contribution in [0.25, 0.3) is 0 Å². The number of carbonyl (C=O) groups is 1. The van der Waals surface area contributed by atoms with Crippen LogP contribution in [0.15, 0.2) is 18.2 Å². The number of ketones is 1. The third-order valence-corrected chi connectivity index (χ3v) is 1.56. The van der Waals surface area contributed by atoms with Crippen molar-refractivity contribution in [2.24, 2.45) is 0 Å². The molecule has 1 rings (SSSR count). The van der Waals surface area contributed by atoms with Crippen molar-refractivity contribution in [2.75, 3.05) is 5.73 Å². The number of hydrogen-bond acceptors (Lipinski definition) is 4. The number of nitrogens with two attached hydrogens (primary N) is 1. The molecule has 0 saturated carbocycles. The van der Waals surface area contributed by atoms with Gasteiger partial charge in [0.2, 0.25) is 0 Å². The molecule has 5 nitrogen and oxygen atoms in total. The van der Waals surface area contributed by atoms with Gasteiger partial charge in [0, 0.05) is 23.4 Å². The Hall–Kier alpha value is -1.91. The van der Waals surface area contributed by atoms with Crippen LogP contribution in [0, 0.1) is 10.1 Å². The number of nitro groups is 1. The SMILES string of the molecule is CC(=O)c1cc(N)cc([N+](=O)[O-])c1. The molecule has 0 radical (unpaired) electrons. The largest absolute Gasteiger partial charge is 0.399 e. The van der Waals surface area contributed by atoms with E-state index in [2.05, 4.69) is 0 Å². The zero-order valence-electron chi connectivity index (χ0n) is 6.98. The fraction of sp³-hybridized carbons (Fsp3) is 0.125. The second kappa shape index (κ2) is 3.22. The van der Waals surface area contributed by atoms with Crippen molar-refractivity contribution in [1.82, 2.24) is 0 Å². The van der Waals surface area contributed by atoms with Crippen LogP contribution in [-0.4, -0.2) is 10.7 Å². The Balaban J connectivity index is 3.26. The van der Waals surface area contributed by atoms with Crippen molar-refractivity contribution in [3.05, 3.63) is 33.9 Å². The molecule has 2 N–H and O–H groups in total. The van der Waals surface area contributed by atoms with Crippen molar-refractivity contribution in [3.63, 3.8) is 0 Å². The van der Waals surface area contributed by atoms with Gasteiger partial charge in [0.05, 0.1) is 4.92 Å². The van der Waals surface area contributed by atoms with Crippen LogP contribution in [0.3, 0.4) is 0 Å². The summed E-state index contributed by atoms with van der Waals surface area (Å²) in [6.45, 7) is 1.33. The fourth-order valence-corrected chi connectivity index (χ4v) is 0.943. The summed E-state index contributed by atoms with van der Waals surface area (Å²) in [5.41, 5.74) is 5.69. The summed E-state index contributed by atoms with van der Waals surface area (Å²) in [6, 6.07) is 3.83. The maximum atomic E-state index is 10.9. The summed E-state index contributed by atoms with van der Waals surface area (Å²) in [5, 5.41) is 10.4. The van der Waals surface area contributed by atoms with E-state index in [9.17, 15) is 14.9 Å². The molecule has 0 heterocycles. The van der Waals surface area contributed by atoms with Gasteiger partial charge in [-0.3, -0.25) is 14.9 Å². The zero-order chi connectivity index (χ0) is 10.0. The minimum Gasteiger partial charge on any atom is -0.399 e. The fourth-order valence-electron chi connectivity index (χ4n) is 0.943. The van der Waals surface area contributed by atoms with Crippen LogP contribution >= 0.6 is 0 Å². The predicted molar refractivity (Wildman–Crippen MR) is 47.5 cm³/mol. The molecule has 0 aliphatic heterocycles. The van der Waals surface area contributed by atoms with Gasteiger partial charge in [-0.25, -0.2) is 0 Å². The van der Waals surface area contributed by atoms with E-state index in [1.165, 1.54) is 25.1 Å². The number of anilines is 1. The van der Waals surface area contributed by atoms with Crippen LogP contribution in [0.2, 0.25) is 0 Å². The minimum absolute atomic E-state index is 0.162. The quantitative estimate of drug-likeness (QED) is 0.322. The highest BCUT2D eigenvalue weighted by Gasteiger charge is 2.10. The van der Waals surface area contributed by atoms with Gasteiger partial charge in [-0.05, 0) is 13.0 Å². The van der Waals surface area contributed by atoms with E-state index in [4.69, 9.17) is 5.73 Å². The Labute approximate surface area is 74.3 Å². The number of nitro benzene ring substituents is 1. The zero-order valence-corrected chi connectivity index (χ0v) is 6.98. The van der Waals surface area contributed by atoms with E-state index in [1.54, 1.807) is 0 Å². The standard InChI is InChI=1S/C8H8N2O3/c1-5(11)6-2-7(9)4-8(3-6)10(12)13/h2-4H,9H2,1H3. The Bertz CT molecular complexity index is 341. The predicted octanol–water partition coefficient (Wildman–Crippen LogP) is 1.38. The maximum Gasteiger partial charge on any atom is 0.272 e. The number of rotatable bonds is 2. The first-order valence-electron chi connectivity index (χ1n) is 3.56. The topological polar surface area (TPSA) is 86.2 Å². The van der Waals surface area contributed by atoms with E-state index in [-0.39, 0.29) is 22.7 Å². The summed E-state index contributed by atoms with van der Waals surface area (Å²) < 4.78 is 0. The number of Topliss-reactive ketones (excluding diaryl/α,β-unsaturated/α-hetero) is 1. The van der Waals surface area contributed by atoms with Crippen molar-refractivity contribution >= 4 is 17.2 Å². The Morgan fingerprint density at radius 1 is 1.46 bits per heavy atom. The molecular formula is C8H8N2O3. The highest BCUT2D eigenvalue weighted by atomic mass is 16.6. The summed E-state index contributed by atoms with van der Waals surface area (Å²) in [5.74, 6) is -0.240. The molecule has 0 unspecified atom stereocenters. The molecule has 0 fully saturated rings. The summed E-state index contributed by atoms with van der Waals surface area (Å²) >= 11 is 0. The number of benzene rings is 1. The number of hydrogen-bond donors (Lipinski definition) is 1. The molecule has 5 heteroatoms. The first kappa shape index (κ1) is 9.18. The van der Waals surface area contributed by atoms with Gasteiger partial charge in [-0.2, -0.15) is 0 Å². The van der Waals surface area contributed by atoms with Crippen molar-refractivity contribution < 1.29 is 9.72 Å². The van der Waals surface area contributed by atoms with Gasteiger partial charge in [-0.15, -0.1) is 0 Å². The molecule has 0 aliphatic rings. The van der Waals surface area contributed by atoms with E-state index in [1.807, 2.05) is 0 Å². The Morgan fingerprint density at radius 3 is 2.54 bits per heavy atom. The van der Waals surface area contributed by atoms with E-state index < -0.39 is 4.92 Å². The molecule has 0 amide bonds. The summed E-state index contributed by atoms with van der Waals surface area (Å²) in [6.07, 6.45) is 0. The molecule has 68 valence electrons. The molecular weight excluding hydrogens is 172 g/mol. The highest BCUT2D eigenvalue weighted by molar-refractivity contribution is 5.95. The molecule has 0 spiro atoms. The van der Waals surface area contributed by atoms with Crippen LogP contribution in [0.1, 0.15) is 17.3 Å². The van der Waals surface area contributed by atoms with Gasteiger partial charge in [-0.1, -0.05) is 0 Å². The molecule has 0 bridgehead atoms. The van der Waals surface area contributed by atoms with Gasteiger partial charge < -0.3 is 5.73 Å². The third kappa shape index (κ3) is 2.02. The highest BCUT2D eigenvalue weighted by Crippen LogP contribution is 2.18. The van der Waals surface area contributed by atoms with Gasteiger partial charge >= 0.3 is 0 Å². The number of non-ortho nitro benzene ring substituents is 1. The van der Waals surface area contributed by atoms with E-state index in [0.717, 1.165) is 0 Å². The van der Waals surface area contributed by atoms with Crippen LogP contribution in [-0.2, 0) is 0 Å². The Morgan fingerprint density at radius 2 is 2.08 bits per heavy atom. The summed E-state index contributed by atoms with van der Waals surface area (Å²) in [4.78, 5) is 20.7.